The minimum Gasteiger partial charge on any atom is -0.481 e. The van der Waals surface area contributed by atoms with Crippen LogP contribution < -0.4 is 10.1 Å². The molecule has 1 aliphatic heterocycles. The van der Waals surface area contributed by atoms with Crippen LogP contribution in [0.4, 0.5) is 10.1 Å². The molecule has 2 aliphatic rings. The van der Waals surface area contributed by atoms with Gasteiger partial charge < -0.3 is 19.4 Å². The lowest BCUT2D eigenvalue weighted by Gasteiger charge is -2.39. The van der Waals surface area contributed by atoms with E-state index in [2.05, 4.69) is 20.5 Å². The van der Waals surface area contributed by atoms with Crippen LogP contribution >= 0.6 is 0 Å². The van der Waals surface area contributed by atoms with Crippen LogP contribution in [0.15, 0.2) is 55.0 Å². The molecule has 1 spiro atoms. The topological polar surface area (TPSA) is 105 Å². The van der Waals surface area contributed by atoms with Crippen LogP contribution in [0.1, 0.15) is 36.2 Å². The van der Waals surface area contributed by atoms with E-state index in [0.717, 1.165) is 30.2 Å². The highest BCUT2D eigenvalue weighted by Crippen LogP contribution is 2.50. The van der Waals surface area contributed by atoms with Gasteiger partial charge in [-0.25, -0.2) is 9.37 Å². The second kappa shape index (κ2) is 8.47. The van der Waals surface area contributed by atoms with E-state index in [1.54, 1.807) is 6.07 Å². The molecule has 4 aromatic heterocycles. The van der Waals surface area contributed by atoms with Crippen molar-refractivity contribution in [2.75, 3.05) is 19.0 Å². The van der Waals surface area contributed by atoms with E-state index >= 15 is 0 Å². The summed E-state index contributed by atoms with van der Waals surface area (Å²) in [7, 11) is 1.45. The molecule has 9 nitrogen and oxygen atoms in total. The first-order valence-electron chi connectivity index (χ1n) is 11.9. The molecule has 1 atom stereocenters. The van der Waals surface area contributed by atoms with Crippen molar-refractivity contribution in [2.24, 2.45) is 5.92 Å². The van der Waals surface area contributed by atoms with Gasteiger partial charge >= 0.3 is 0 Å². The Hall–Kier alpha value is -4.21. The zero-order valence-electron chi connectivity index (χ0n) is 19.7. The molecule has 1 saturated heterocycles. The quantitative estimate of drug-likeness (QED) is 0.444. The lowest BCUT2D eigenvalue weighted by atomic mass is 9.88. The Bertz CT molecular complexity index is 1470. The molecule has 2 fully saturated rings. The first-order valence-corrected chi connectivity index (χ1v) is 11.9. The Balaban J connectivity index is 1.15. The van der Waals surface area contributed by atoms with E-state index in [1.807, 2.05) is 46.0 Å². The Labute approximate surface area is 206 Å². The lowest BCUT2D eigenvalue weighted by Crippen LogP contribution is -2.50. The molecular weight excluding hydrogens is 463 g/mol. The highest BCUT2D eigenvalue weighted by molar-refractivity contribution is 5.96. The number of halogens is 1. The number of carbonyl (C=O) groups excluding carboxylic acids is 2. The zero-order chi connectivity index (χ0) is 24.9. The van der Waals surface area contributed by atoms with Gasteiger partial charge in [-0.3, -0.25) is 14.7 Å². The van der Waals surface area contributed by atoms with Crippen LogP contribution in [0.5, 0.6) is 5.88 Å². The van der Waals surface area contributed by atoms with E-state index in [9.17, 15) is 14.0 Å². The van der Waals surface area contributed by atoms with Crippen LogP contribution in [-0.4, -0.2) is 55.5 Å². The Morgan fingerprint density at radius 2 is 2.11 bits per heavy atom. The molecule has 1 saturated carbocycles. The summed E-state index contributed by atoms with van der Waals surface area (Å²) in [5.41, 5.74) is 2.29. The number of methoxy groups -OCH3 is 1. The zero-order valence-corrected chi connectivity index (χ0v) is 19.7. The number of fused-ring (bicyclic) bond motifs is 1. The number of nitrogens with zero attached hydrogens (tertiary/aromatic N) is 4. The largest absolute Gasteiger partial charge is 0.481 e. The lowest BCUT2D eigenvalue weighted by molar-refractivity contribution is -0.122. The number of hydrogen-bond acceptors (Lipinski definition) is 5. The van der Waals surface area contributed by atoms with Gasteiger partial charge in [0.05, 0.1) is 24.7 Å². The summed E-state index contributed by atoms with van der Waals surface area (Å²) >= 11 is 0. The van der Waals surface area contributed by atoms with Gasteiger partial charge in [-0.15, -0.1) is 0 Å². The smallest absolute Gasteiger partial charge is 0.274 e. The van der Waals surface area contributed by atoms with Crippen molar-refractivity contribution in [3.8, 4) is 17.1 Å². The fraction of sp³-hybridized carbons (Fsp3) is 0.308. The van der Waals surface area contributed by atoms with E-state index in [-0.39, 0.29) is 40.4 Å². The van der Waals surface area contributed by atoms with Crippen molar-refractivity contribution in [2.45, 2.75) is 31.2 Å². The van der Waals surface area contributed by atoms with Crippen molar-refractivity contribution >= 4 is 23.0 Å². The summed E-state index contributed by atoms with van der Waals surface area (Å²) in [6.45, 7) is 0.465. The number of amides is 2. The number of pyridine rings is 2. The Morgan fingerprint density at radius 1 is 1.25 bits per heavy atom. The van der Waals surface area contributed by atoms with Crippen LogP contribution in [0.2, 0.25) is 0 Å². The number of anilines is 1. The predicted molar refractivity (Wildman–Crippen MR) is 130 cm³/mol. The third kappa shape index (κ3) is 3.88. The summed E-state index contributed by atoms with van der Waals surface area (Å²) in [6, 6.07) is 10.8. The number of nitrogens with one attached hydrogen (secondary N) is 2. The van der Waals surface area contributed by atoms with Gasteiger partial charge in [0.25, 0.3) is 5.91 Å². The van der Waals surface area contributed by atoms with E-state index in [4.69, 9.17) is 4.74 Å². The molecule has 1 aliphatic carbocycles. The number of rotatable bonds is 5. The van der Waals surface area contributed by atoms with Gasteiger partial charge in [0.15, 0.2) is 11.5 Å². The maximum absolute atomic E-state index is 14.3. The highest BCUT2D eigenvalue weighted by Gasteiger charge is 2.54. The molecule has 0 unspecified atom stereocenters. The van der Waals surface area contributed by atoms with E-state index < -0.39 is 5.82 Å². The monoisotopic (exact) mass is 488 g/mol. The maximum atomic E-state index is 14.3. The predicted octanol–water partition coefficient (Wildman–Crippen LogP) is 3.90. The molecule has 10 heteroatoms. The number of aromatic amines is 1. The van der Waals surface area contributed by atoms with Crippen LogP contribution in [0, 0.1) is 11.7 Å². The van der Waals surface area contributed by atoms with Gasteiger partial charge in [0.2, 0.25) is 11.8 Å². The highest BCUT2D eigenvalue weighted by atomic mass is 19.1. The summed E-state index contributed by atoms with van der Waals surface area (Å²) in [5, 5.41) is 9.96. The first-order chi connectivity index (χ1) is 17.5. The average molecular weight is 489 g/mol. The van der Waals surface area contributed by atoms with E-state index in [1.165, 1.54) is 13.2 Å². The fourth-order valence-corrected chi connectivity index (χ4v) is 5.15. The third-order valence-electron chi connectivity index (χ3n) is 7.26. The van der Waals surface area contributed by atoms with Crippen molar-refractivity contribution in [3.63, 3.8) is 0 Å². The minimum atomic E-state index is -0.542. The number of hydrogen-bond donors (Lipinski definition) is 2. The molecule has 36 heavy (non-hydrogen) atoms. The maximum Gasteiger partial charge on any atom is 0.274 e. The number of carbonyl (C=O) groups is 2. The summed E-state index contributed by atoms with van der Waals surface area (Å²) in [6.07, 6.45) is 7.80. The van der Waals surface area contributed by atoms with Gasteiger partial charge in [0.1, 0.15) is 0 Å². The summed E-state index contributed by atoms with van der Waals surface area (Å²) in [5.74, 6) is -0.693. The van der Waals surface area contributed by atoms with Crippen LogP contribution in [0.3, 0.4) is 0 Å². The normalized spacial score (nSPS) is 18.4. The van der Waals surface area contributed by atoms with Crippen molar-refractivity contribution < 1.29 is 18.7 Å². The van der Waals surface area contributed by atoms with Crippen molar-refractivity contribution in [1.82, 2.24) is 24.5 Å². The van der Waals surface area contributed by atoms with Crippen LogP contribution in [0.25, 0.3) is 16.8 Å². The Morgan fingerprint density at radius 3 is 2.92 bits per heavy atom. The summed E-state index contributed by atoms with van der Waals surface area (Å²) in [4.78, 5) is 32.1. The van der Waals surface area contributed by atoms with Gasteiger partial charge in [-0.2, -0.15) is 5.10 Å². The van der Waals surface area contributed by atoms with Crippen molar-refractivity contribution in [1.29, 1.82) is 0 Å². The molecule has 0 bridgehead atoms. The molecule has 2 N–H and O–H groups in total. The molecule has 0 aromatic carbocycles. The van der Waals surface area contributed by atoms with Crippen molar-refractivity contribution in [3.05, 3.63) is 66.5 Å². The SMILES string of the molecule is COc1cc(-c2cc(C(=O)N3CC[C@H](C(=O)Nc4ccc5cccn5c4)CC34CC4)n[nH]2)c(F)cn1. The number of piperidine rings is 1. The van der Waals surface area contributed by atoms with Gasteiger partial charge in [-0.1, -0.05) is 0 Å². The minimum absolute atomic E-state index is 0.0240. The number of ether oxygens (including phenoxy) is 1. The molecule has 4 aromatic rings. The second-order valence-corrected chi connectivity index (χ2v) is 9.49. The molecule has 184 valence electrons. The molecular formula is C26H25FN6O3. The number of likely N-dealkylation sites (tertiary alicyclic amines) is 1. The summed E-state index contributed by atoms with van der Waals surface area (Å²) < 4.78 is 21.4. The van der Waals surface area contributed by atoms with Crippen LogP contribution in [-0.2, 0) is 4.79 Å². The average Bonchev–Trinajstić information content (AvgIpc) is 3.28. The Kier molecular flexibility index (Phi) is 5.24. The standard InChI is InChI=1S/C26H25FN6O3/c1-36-23-11-19(20(27)14-28-23)21-12-22(31-30-21)25(35)33-10-6-16(13-26(33)7-8-26)24(34)29-17-4-5-18-3-2-9-32(18)15-17/h2-5,9,11-12,14-16H,6-8,10,13H2,1H3,(H,29,34)(H,30,31)/t16-/m0/s1. The molecule has 6 rings (SSSR count). The number of aromatic nitrogens is 4. The number of H-pyrrole nitrogens is 1. The molecule has 0 radical (unpaired) electrons. The van der Waals surface area contributed by atoms with Gasteiger partial charge in [-0.05, 0) is 56.0 Å². The molecule has 5 heterocycles. The second-order valence-electron chi connectivity index (χ2n) is 9.49. The fourth-order valence-electron chi connectivity index (χ4n) is 5.15. The molecule has 2 amide bonds. The van der Waals surface area contributed by atoms with E-state index in [0.29, 0.717) is 25.1 Å². The third-order valence-corrected chi connectivity index (χ3v) is 7.26. The van der Waals surface area contributed by atoms with Gasteiger partial charge in [0, 0.05) is 47.5 Å². The first kappa shape index (κ1) is 22.3.